The van der Waals surface area contributed by atoms with Crippen molar-refractivity contribution in [1.29, 1.82) is 0 Å². The second-order valence-corrected chi connectivity index (χ2v) is 8.82. The molecular weight excluding hydrogens is 319 g/mol. The summed E-state index contributed by atoms with van der Waals surface area (Å²) in [6.07, 6.45) is -0.368. The zero-order chi connectivity index (χ0) is 15.8. The van der Waals surface area contributed by atoms with Crippen LogP contribution in [0.1, 0.15) is 18.2 Å². The van der Waals surface area contributed by atoms with E-state index in [1.54, 1.807) is 6.92 Å². The minimum atomic E-state index is -2.92. The molecule has 8 nitrogen and oxygen atoms in total. The molecule has 118 valence electrons. The molecule has 1 aliphatic heterocycles. The summed E-state index contributed by atoms with van der Waals surface area (Å²) in [5.74, 6) is 0. The van der Waals surface area contributed by atoms with Gasteiger partial charge in [0.05, 0.1) is 12.7 Å². The van der Waals surface area contributed by atoms with Gasteiger partial charge in [-0.3, -0.25) is 14.3 Å². The number of nitrogens with zero attached hydrogens (tertiary/aromatic N) is 1. The molecular formula is C11H17N2O6PS. The highest BCUT2D eigenvalue weighted by atomic mass is 32.5. The lowest BCUT2D eigenvalue weighted by molar-refractivity contribution is -0.0420. The van der Waals surface area contributed by atoms with E-state index >= 15 is 0 Å². The topological polar surface area (TPSA) is 114 Å². The summed E-state index contributed by atoms with van der Waals surface area (Å²) in [6, 6.07) is 0. The minimum absolute atomic E-state index is 0.239. The predicted octanol–water partition coefficient (Wildman–Crippen LogP) is -0.558. The van der Waals surface area contributed by atoms with Crippen LogP contribution in [0.5, 0.6) is 0 Å². The van der Waals surface area contributed by atoms with Gasteiger partial charge in [-0.05, 0) is 18.7 Å². The Morgan fingerprint density at radius 3 is 2.86 bits per heavy atom. The maximum absolute atomic E-state index is 11.8. The molecule has 1 fully saturated rings. The smallest absolute Gasteiger partial charge is 0.330 e. The highest BCUT2D eigenvalue weighted by Crippen LogP contribution is 2.44. The summed E-state index contributed by atoms with van der Waals surface area (Å²) in [7, 11) is 0. The molecule has 0 radical (unpaired) electrons. The molecule has 0 amide bonds. The van der Waals surface area contributed by atoms with Crippen LogP contribution < -0.4 is 11.2 Å². The van der Waals surface area contributed by atoms with Gasteiger partial charge >= 0.3 is 5.69 Å². The molecule has 21 heavy (non-hydrogen) atoms. The van der Waals surface area contributed by atoms with Crippen LogP contribution in [0.15, 0.2) is 15.8 Å². The van der Waals surface area contributed by atoms with Crippen LogP contribution in [0, 0.1) is 6.92 Å². The minimum Gasteiger partial charge on any atom is -0.394 e. The second kappa shape index (κ2) is 6.12. The zero-order valence-corrected chi connectivity index (χ0v) is 13.3. The number of hydrogen-bond acceptors (Lipinski definition) is 6. The monoisotopic (exact) mass is 336 g/mol. The van der Waals surface area contributed by atoms with E-state index in [0.717, 1.165) is 0 Å². The van der Waals surface area contributed by atoms with Gasteiger partial charge in [0.1, 0.15) is 12.3 Å². The van der Waals surface area contributed by atoms with E-state index in [1.807, 2.05) is 0 Å². The number of H-pyrrole nitrogens is 1. The van der Waals surface area contributed by atoms with Crippen molar-refractivity contribution in [2.24, 2.45) is 0 Å². The molecule has 1 unspecified atom stereocenters. The van der Waals surface area contributed by atoms with Gasteiger partial charge in [-0.15, -0.1) is 0 Å². The average molecular weight is 336 g/mol. The van der Waals surface area contributed by atoms with Crippen LogP contribution in [0.2, 0.25) is 0 Å². The Morgan fingerprint density at radius 2 is 2.29 bits per heavy atom. The number of rotatable bonds is 4. The fourth-order valence-electron chi connectivity index (χ4n) is 2.20. The van der Waals surface area contributed by atoms with Gasteiger partial charge in [0.25, 0.3) is 5.56 Å². The molecule has 0 saturated carbocycles. The normalized spacial score (nSPS) is 28.5. The molecule has 2 rings (SSSR count). The van der Waals surface area contributed by atoms with E-state index in [2.05, 4.69) is 4.98 Å². The summed E-state index contributed by atoms with van der Waals surface area (Å²) < 4.78 is 12.1. The summed E-state index contributed by atoms with van der Waals surface area (Å²) in [4.78, 5) is 35.0. The molecule has 0 aromatic carbocycles. The summed E-state index contributed by atoms with van der Waals surface area (Å²) in [5.41, 5.74) is -0.695. The van der Waals surface area contributed by atoms with Crippen LogP contribution in [-0.2, 0) is 21.1 Å². The quantitative estimate of drug-likeness (QED) is 0.632. The van der Waals surface area contributed by atoms with E-state index in [-0.39, 0.29) is 13.0 Å². The maximum atomic E-state index is 11.8. The zero-order valence-electron chi connectivity index (χ0n) is 11.6. The number of aliphatic hydroxyl groups excluding tert-OH is 1. The van der Waals surface area contributed by atoms with Crippen LogP contribution in [0.4, 0.5) is 0 Å². The van der Waals surface area contributed by atoms with Crippen LogP contribution in [-0.4, -0.2) is 45.0 Å². The lowest BCUT2D eigenvalue weighted by Crippen LogP contribution is -2.33. The number of aliphatic hydroxyl groups is 1. The Labute approximate surface area is 125 Å². The standard InChI is InChI=1S/C11H17N2O6PS/c1-6-4-13(11(16)12-10(6)15)9-3-7(8(5-14)18-9)19-20(2,17)21/h4,7-9,14H,3,5H2,1-2H3,(H,17,21)(H,12,15,16)/t7-,8+,9+,20?/m0/s1. The maximum Gasteiger partial charge on any atom is 0.330 e. The van der Waals surface area contributed by atoms with Crippen LogP contribution in [0.25, 0.3) is 0 Å². The molecule has 1 aromatic heterocycles. The first-order valence-corrected chi connectivity index (χ1v) is 9.40. The highest BCUT2D eigenvalue weighted by molar-refractivity contribution is 8.09. The van der Waals surface area contributed by atoms with Crippen molar-refractivity contribution in [1.82, 2.24) is 9.55 Å². The number of aryl methyl sites for hydroxylation is 1. The molecule has 2 heterocycles. The molecule has 1 aliphatic rings. The van der Waals surface area contributed by atoms with Gasteiger partial charge in [-0.25, -0.2) is 4.79 Å². The number of ether oxygens (including phenoxy) is 1. The third-order valence-corrected chi connectivity index (χ3v) is 4.07. The van der Waals surface area contributed by atoms with Gasteiger partial charge in [-0.2, -0.15) is 0 Å². The number of hydrogen-bond donors (Lipinski definition) is 3. The molecule has 1 saturated heterocycles. The van der Waals surface area contributed by atoms with Gasteiger partial charge in [0.15, 0.2) is 6.49 Å². The third-order valence-electron chi connectivity index (χ3n) is 3.15. The number of aromatic amines is 1. The molecule has 0 aliphatic carbocycles. The van der Waals surface area contributed by atoms with Gasteiger partial charge < -0.3 is 19.3 Å². The summed E-state index contributed by atoms with van der Waals surface area (Å²) in [6.45, 7) is -0.268. The van der Waals surface area contributed by atoms with Crippen molar-refractivity contribution in [3.05, 3.63) is 32.6 Å². The summed E-state index contributed by atoms with van der Waals surface area (Å²) in [5, 5.41) is 9.31. The van der Waals surface area contributed by atoms with Crippen molar-refractivity contribution in [2.75, 3.05) is 13.3 Å². The number of nitrogens with one attached hydrogen (secondary N) is 1. The van der Waals surface area contributed by atoms with E-state index in [0.29, 0.717) is 5.56 Å². The number of aromatic nitrogens is 2. The molecule has 0 bridgehead atoms. The second-order valence-electron chi connectivity index (χ2n) is 4.97. The van der Waals surface area contributed by atoms with Crippen molar-refractivity contribution in [2.45, 2.75) is 31.8 Å². The van der Waals surface area contributed by atoms with E-state index < -0.39 is 36.2 Å². The first-order valence-electron chi connectivity index (χ1n) is 6.28. The van der Waals surface area contributed by atoms with Crippen molar-refractivity contribution in [3.63, 3.8) is 0 Å². The Balaban J connectivity index is 2.27. The molecule has 3 N–H and O–H groups in total. The Kier molecular flexibility index (Phi) is 4.82. The molecule has 0 spiro atoms. The highest BCUT2D eigenvalue weighted by Gasteiger charge is 2.38. The first kappa shape index (κ1) is 16.5. The predicted molar refractivity (Wildman–Crippen MR) is 79.0 cm³/mol. The van der Waals surface area contributed by atoms with Crippen molar-refractivity contribution >= 4 is 18.3 Å². The SMILES string of the molecule is Cc1cn([C@H]2C[C@H](OP(C)(O)=S)[C@@H](CO)O2)c(=O)[nH]c1=O. The average Bonchev–Trinajstić information content (AvgIpc) is 2.74. The third kappa shape index (κ3) is 3.88. The fraction of sp³-hybridized carbons (Fsp3) is 0.636. The van der Waals surface area contributed by atoms with Crippen molar-refractivity contribution < 1.29 is 19.3 Å². The molecule has 4 atom stereocenters. The van der Waals surface area contributed by atoms with Gasteiger partial charge in [0.2, 0.25) is 0 Å². The van der Waals surface area contributed by atoms with Gasteiger partial charge in [0, 0.05) is 24.8 Å². The molecule has 10 heteroatoms. The fourth-order valence-corrected chi connectivity index (χ4v) is 3.25. The van der Waals surface area contributed by atoms with Crippen LogP contribution in [0.3, 0.4) is 0 Å². The van der Waals surface area contributed by atoms with Crippen molar-refractivity contribution in [3.8, 4) is 0 Å². The van der Waals surface area contributed by atoms with E-state index in [1.165, 1.54) is 17.4 Å². The first-order chi connectivity index (χ1) is 9.71. The van der Waals surface area contributed by atoms with Crippen LogP contribution >= 0.6 is 6.49 Å². The van der Waals surface area contributed by atoms with E-state index in [9.17, 15) is 19.6 Å². The Bertz CT molecular complexity index is 680. The molecule has 1 aromatic rings. The Morgan fingerprint density at radius 1 is 1.62 bits per heavy atom. The van der Waals surface area contributed by atoms with Gasteiger partial charge in [-0.1, -0.05) is 0 Å². The van der Waals surface area contributed by atoms with E-state index in [4.69, 9.17) is 21.1 Å². The largest absolute Gasteiger partial charge is 0.394 e. The lowest BCUT2D eigenvalue weighted by Gasteiger charge is -2.19. The summed E-state index contributed by atoms with van der Waals surface area (Å²) >= 11 is 4.83. The lowest BCUT2D eigenvalue weighted by atomic mass is 10.2. The Hall–Kier alpha value is -0.830.